The van der Waals surface area contributed by atoms with Gasteiger partial charge in [0, 0.05) is 28.8 Å². The van der Waals surface area contributed by atoms with Gasteiger partial charge in [0.1, 0.15) is 5.69 Å². The van der Waals surface area contributed by atoms with Gasteiger partial charge in [0.15, 0.2) is 11.5 Å². The van der Waals surface area contributed by atoms with Gasteiger partial charge in [0.2, 0.25) is 6.79 Å². The van der Waals surface area contributed by atoms with Gasteiger partial charge in [-0.25, -0.2) is 0 Å². The van der Waals surface area contributed by atoms with Crippen LogP contribution in [0, 0.1) is 0 Å². The fourth-order valence-electron chi connectivity index (χ4n) is 2.31. The molecule has 0 bridgehead atoms. The maximum atomic E-state index is 12.5. The highest BCUT2D eigenvalue weighted by atomic mass is 79.9. The number of carbonyl (C=O) groups is 1. The SMILES string of the molecule is CC(C)n1cc(Br)cc1C(=O)Nc1cc2c(cc1N)OCO2.Cl. The Balaban J connectivity index is 0.00000192. The van der Waals surface area contributed by atoms with Gasteiger partial charge in [-0.1, -0.05) is 0 Å². The second-order valence-electron chi connectivity index (χ2n) is 5.29. The van der Waals surface area contributed by atoms with Gasteiger partial charge in [-0.3, -0.25) is 4.79 Å². The van der Waals surface area contributed by atoms with Crippen molar-refractivity contribution >= 4 is 45.6 Å². The van der Waals surface area contributed by atoms with E-state index < -0.39 is 0 Å². The summed E-state index contributed by atoms with van der Waals surface area (Å²) in [5.74, 6) is 0.929. The van der Waals surface area contributed by atoms with Crippen LogP contribution in [-0.2, 0) is 0 Å². The van der Waals surface area contributed by atoms with Crippen molar-refractivity contribution in [1.82, 2.24) is 4.57 Å². The topological polar surface area (TPSA) is 78.5 Å². The third-order valence-corrected chi connectivity index (χ3v) is 3.83. The average Bonchev–Trinajstić information content (AvgIpc) is 3.05. The average molecular weight is 403 g/mol. The number of rotatable bonds is 3. The number of nitrogen functional groups attached to an aromatic ring is 1. The Morgan fingerprint density at radius 1 is 1.30 bits per heavy atom. The zero-order valence-corrected chi connectivity index (χ0v) is 15.0. The predicted octanol–water partition coefficient (Wildman–Crippen LogP) is 3.82. The smallest absolute Gasteiger partial charge is 0.272 e. The summed E-state index contributed by atoms with van der Waals surface area (Å²) in [7, 11) is 0. The first-order chi connectivity index (χ1) is 10.5. The van der Waals surface area contributed by atoms with Crippen molar-refractivity contribution in [2.75, 3.05) is 17.8 Å². The van der Waals surface area contributed by atoms with Crippen LogP contribution in [0.15, 0.2) is 28.9 Å². The van der Waals surface area contributed by atoms with Crippen molar-refractivity contribution in [3.63, 3.8) is 0 Å². The number of nitrogens with two attached hydrogens (primary N) is 1. The first kappa shape index (κ1) is 17.5. The molecule has 0 saturated carbocycles. The molecule has 0 radical (unpaired) electrons. The van der Waals surface area contributed by atoms with Crippen molar-refractivity contribution in [3.8, 4) is 11.5 Å². The largest absolute Gasteiger partial charge is 0.454 e. The fourth-order valence-corrected chi connectivity index (χ4v) is 2.74. The summed E-state index contributed by atoms with van der Waals surface area (Å²) in [5.41, 5.74) is 7.44. The van der Waals surface area contributed by atoms with Crippen molar-refractivity contribution in [1.29, 1.82) is 0 Å². The molecule has 1 amide bonds. The molecule has 2 aromatic rings. The maximum absolute atomic E-state index is 12.5. The second-order valence-corrected chi connectivity index (χ2v) is 6.21. The van der Waals surface area contributed by atoms with Gasteiger partial charge in [-0.15, -0.1) is 12.4 Å². The van der Waals surface area contributed by atoms with Gasteiger partial charge in [0.05, 0.1) is 11.4 Å². The first-order valence-electron chi connectivity index (χ1n) is 6.83. The molecule has 1 aromatic carbocycles. The van der Waals surface area contributed by atoms with E-state index >= 15 is 0 Å². The number of amides is 1. The first-order valence-corrected chi connectivity index (χ1v) is 7.63. The fraction of sp³-hybridized carbons (Fsp3) is 0.267. The molecule has 6 nitrogen and oxygen atoms in total. The van der Waals surface area contributed by atoms with Crippen LogP contribution in [0.3, 0.4) is 0 Å². The summed E-state index contributed by atoms with van der Waals surface area (Å²) in [4.78, 5) is 12.5. The lowest BCUT2D eigenvalue weighted by Gasteiger charge is -2.14. The second kappa shape index (κ2) is 6.72. The number of fused-ring (bicyclic) bond motifs is 1. The molecule has 1 aromatic heterocycles. The number of aromatic nitrogens is 1. The van der Waals surface area contributed by atoms with Crippen molar-refractivity contribution in [2.45, 2.75) is 19.9 Å². The summed E-state index contributed by atoms with van der Waals surface area (Å²) in [6, 6.07) is 5.27. The lowest BCUT2D eigenvalue weighted by Crippen LogP contribution is -2.18. The minimum absolute atomic E-state index is 0. The predicted molar refractivity (Wildman–Crippen MR) is 94.7 cm³/mol. The minimum atomic E-state index is -0.232. The highest BCUT2D eigenvalue weighted by Gasteiger charge is 2.20. The van der Waals surface area contributed by atoms with E-state index in [2.05, 4.69) is 21.2 Å². The molecule has 1 aliphatic heterocycles. The zero-order valence-electron chi connectivity index (χ0n) is 12.6. The van der Waals surface area contributed by atoms with E-state index in [9.17, 15) is 4.79 Å². The molecule has 8 heteroatoms. The molecular weight excluding hydrogens is 386 g/mol. The number of benzene rings is 1. The van der Waals surface area contributed by atoms with Crippen molar-refractivity contribution in [2.24, 2.45) is 0 Å². The zero-order chi connectivity index (χ0) is 15.9. The molecule has 0 fully saturated rings. The number of nitrogens with zero attached hydrogens (tertiary/aromatic N) is 1. The lowest BCUT2D eigenvalue weighted by molar-refractivity contribution is 0.101. The van der Waals surface area contributed by atoms with E-state index in [1.165, 1.54) is 0 Å². The number of ether oxygens (including phenoxy) is 2. The Labute approximate surface area is 148 Å². The van der Waals surface area contributed by atoms with Crippen LogP contribution in [0.4, 0.5) is 11.4 Å². The lowest BCUT2D eigenvalue weighted by atomic mass is 10.2. The molecule has 3 rings (SSSR count). The molecule has 0 spiro atoms. The van der Waals surface area contributed by atoms with E-state index in [1.54, 1.807) is 18.2 Å². The Kier molecular flexibility index (Phi) is 5.11. The van der Waals surface area contributed by atoms with Crippen LogP contribution in [0.2, 0.25) is 0 Å². The van der Waals surface area contributed by atoms with Crippen LogP contribution in [-0.4, -0.2) is 17.3 Å². The molecule has 2 heterocycles. The molecule has 3 N–H and O–H groups in total. The number of carbonyl (C=O) groups excluding carboxylic acids is 1. The summed E-state index contributed by atoms with van der Waals surface area (Å²) in [6.45, 7) is 4.19. The summed E-state index contributed by atoms with van der Waals surface area (Å²) in [6.07, 6.45) is 1.88. The maximum Gasteiger partial charge on any atom is 0.272 e. The van der Waals surface area contributed by atoms with Crippen LogP contribution in [0.1, 0.15) is 30.4 Å². The van der Waals surface area contributed by atoms with Crippen LogP contribution < -0.4 is 20.5 Å². The highest BCUT2D eigenvalue weighted by molar-refractivity contribution is 9.10. The third-order valence-electron chi connectivity index (χ3n) is 3.40. The van der Waals surface area contributed by atoms with E-state index in [0.717, 1.165) is 4.47 Å². The van der Waals surface area contributed by atoms with Gasteiger partial charge >= 0.3 is 0 Å². The van der Waals surface area contributed by atoms with Gasteiger partial charge in [0.25, 0.3) is 5.91 Å². The van der Waals surface area contributed by atoms with E-state index in [1.807, 2.05) is 24.6 Å². The number of hydrogen-bond acceptors (Lipinski definition) is 4. The highest BCUT2D eigenvalue weighted by Crippen LogP contribution is 2.38. The minimum Gasteiger partial charge on any atom is -0.454 e. The normalized spacial score (nSPS) is 12.2. The van der Waals surface area contributed by atoms with Crippen LogP contribution in [0.5, 0.6) is 11.5 Å². The van der Waals surface area contributed by atoms with Crippen LogP contribution >= 0.6 is 28.3 Å². The molecule has 0 unspecified atom stereocenters. The molecular formula is C15H17BrClN3O3. The molecule has 124 valence electrons. The number of nitrogens with one attached hydrogen (secondary N) is 1. The number of anilines is 2. The Morgan fingerprint density at radius 2 is 1.96 bits per heavy atom. The standard InChI is InChI=1S/C15H16BrN3O3.ClH/c1-8(2)19-6-9(16)3-12(19)15(20)18-11-5-14-13(4-10(11)17)21-7-22-14;/h3-6,8H,7,17H2,1-2H3,(H,18,20);1H. The molecule has 0 atom stereocenters. The monoisotopic (exact) mass is 401 g/mol. The van der Waals surface area contributed by atoms with Gasteiger partial charge < -0.3 is 25.1 Å². The van der Waals surface area contributed by atoms with Crippen molar-refractivity contribution < 1.29 is 14.3 Å². The Hall–Kier alpha value is -1.86. The summed E-state index contributed by atoms with van der Waals surface area (Å²) in [5, 5.41) is 2.82. The van der Waals surface area contributed by atoms with Crippen molar-refractivity contribution in [3.05, 3.63) is 34.6 Å². The van der Waals surface area contributed by atoms with Crippen LogP contribution in [0.25, 0.3) is 0 Å². The Morgan fingerprint density at radius 3 is 2.61 bits per heavy atom. The number of hydrogen-bond donors (Lipinski definition) is 2. The molecule has 23 heavy (non-hydrogen) atoms. The molecule has 0 aliphatic carbocycles. The molecule has 0 saturated heterocycles. The van der Waals surface area contributed by atoms with E-state index in [-0.39, 0.29) is 31.1 Å². The quantitative estimate of drug-likeness (QED) is 0.765. The van der Waals surface area contributed by atoms with E-state index in [4.69, 9.17) is 15.2 Å². The third kappa shape index (κ3) is 3.40. The summed E-state index contributed by atoms with van der Waals surface area (Å²) < 4.78 is 13.3. The van der Waals surface area contributed by atoms with E-state index in [0.29, 0.717) is 28.6 Å². The molecule has 1 aliphatic rings. The Bertz CT molecular complexity index is 746. The van der Waals surface area contributed by atoms with Gasteiger partial charge in [-0.05, 0) is 35.8 Å². The number of halogens is 2. The van der Waals surface area contributed by atoms with Gasteiger partial charge in [-0.2, -0.15) is 0 Å². The summed E-state index contributed by atoms with van der Waals surface area (Å²) >= 11 is 3.40.